The first kappa shape index (κ1) is 21.7. The standard InChI is InChI=1S/C26H28O3Si/c1-26(2,3)30(23-14-6-4-7-15-23,24-16-8-5-9-17-24)29-20-22-13-11-10-12-21(22)18-19-25(27)28/h4-19H,20H2,1-3H3,(H,27,28). The van der Waals surface area contributed by atoms with Gasteiger partial charge in [0.15, 0.2) is 0 Å². The molecule has 0 amide bonds. The Morgan fingerprint density at radius 3 is 1.87 bits per heavy atom. The molecule has 0 aliphatic carbocycles. The van der Waals surface area contributed by atoms with Crippen LogP contribution in [0.4, 0.5) is 0 Å². The van der Waals surface area contributed by atoms with Gasteiger partial charge in [-0.05, 0) is 32.6 Å². The second-order valence-electron chi connectivity index (χ2n) is 8.32. The Kier molecular flexibility index (Phi) is 6.70. The van der Waals surface area contributed by atoms with Crippen LogP contribution in [0.3, 0.4) is 0 Å². The molecule has 3 rings (SSSR count). The maximum absolute atomic E-state index is 11.0. The molecule has 0 aliphatic rings. The number of hydrogen-bond acceptors (Lipinski definition) is 2. The summed E-state index contributed by atoms with van der Waals surface area (Å²) in [6.07, 6.45) is 2.80. The molecule has 30 heavy (non-hydrogen) atoms. The molecule has 0 aromatic heterocycles. The number of carboxylic acid groups (broad SMARTS) is 1. The third-order valence-electron chi connectivity index (χ3n) is 5.32. The van der Waals surface area contributed by atoms with E-state index in [1.54, 1.807) is 6.08 Å². The molecule has 0 unspecified atom stereocenters. The van der Waals surface area contributed by atoms with E-state index in [1.807, 2.05) is 36.4 Å². The van der Waals surface area contributed by atoms with Crippen molar-refractivity contribution < 1.29 is 14.3 Å². The van der Waals surface area contributed by atoms with Gasteiger partial charge >= 0.3 is 5.97 Å². The van der Waals surface area contributed by atoms with Crippen LogP contribution in [0.2, 0.25) is 5.04 Å². The molecule has 0 radical (unpaired) electrons. The Morgan fingerprint density at radius 1 is 0.867 bits per heavy atom. The number of hydrogen-bond donors (Lipinski definition) is 1. The highest BCUT2D eigenvalue weighted by molar-refractivity contribution is 6.99. The SMILES string of the molecule is CC(C)(C)[Si](OCc1ccccc1C=CC(=O)O)(c1ccccc1)c1ccccc1. The van der Waals surface area contributed by atoms with Crippen LogP contribution in [0, 0.1) is 0 Å². The zero-order chi connectivity index (χ0) is 21.6. The summed E-state index contributed by atoms with van der Waals surface area (Å²) in [6, 6.07) is 28.8. The topological polar surface area (TPSA) is 46.5 Å². The first-order chi connectivity index (χ1) is 14.3. The molecule has 3 aromatic rings. The minimum atomic E-state index is -2.64. The number of benzene rings is 3. The van der Waals surface area contributed by atoms with Crippen molar-refractivity contribution >= 4 is 30.7 Å². The molecule has 0 atom stereocenters. The molecule has 0 spiro atoms. The molecule has 0 bridgehead atoms. The van der Waals surface area contributed by atoms with Gasteiger partial charge < -0.3 is 9.53 Å². The van der Waals surface area contributed by atoms with E-state index < -0.39 is 14.3 Å². The highest BCUT2D eigenvalue weighted by Gasteiger charge is 2.50. The number of carboxylic acids is 1. The van der Waals surface area contributed by atoms with Crippen molar-refractivity contribution in [2.24, 2.45) is 0 Å². The van der Waals surface area contributed by atoms with E-state index in [9.17, 15) is 4.79 Å². The maximum Gasteiger partial charge on any atom is 0.328 e. The van der Waals surface area contributed by atoms with Gasteiger partial charge in [-0.1, -0.05) is 106 Å². The number of rotatable bonds is 7. The van der Waals surface area contributed by atoms with E-state index in [0.29, 0.717) is 6.61 Å². The summed E-state index contributed by atoms with van der Waals surface area (Å²) in [5.41, 5.74) is 1.83. The van der Waals surface area contributed by atoms with Gasteiger partial charge in [-0.25, -0.2) is 4.79 Å². The fourth-order valence-corrected chi connectivity index (χ4v) is 8.46. The third kappa shape index (κ3) is 4.61. The van der Waals surface area contributed by atoms with Crippen molar-refractivity contribution in [3.8, 4) is 0 Å². The van der Waals surface area contributed by atoms with Crippen molar-refractivity contribution in [2.45, 2.75) is 32.4 Å². The van der Waals surface area contributed by atoms with Crippen LogP contribution in [0.15, 0.2) is 91.0 Å². The lowest BCUT2D eigenvalue weighted by molar-refractivity contribution is -0.131. The van der Waals surface area contributed by atoms with Crippen LogP contribution in [0.5, 0.6) is 0 Å². The number of aliphatic carboxylic acids is 1. The van der Waals surface area contributed by atoms with E-state index in [4.69, 9.17) is 9.53 Å². The van der Waals surface area contributed by atoms with Gasteiger partial charge in [0.05, 0.1) is 6.61 Å². The molecule has 3 nitrogen and oxygen atoms in total. The Morgan fingerprint density at radius 2 is 1.37 bits per heavy atom. The van der Waals surface area contributed by atoms with Crippen LogP contribution in [-0.4, -0.2) is 19.4 Å². The number of carbonyl (C=O) groups is 1. The summed E-state index contributed by atoms with van der Waals surface area (Å²) >= 11 is 0. The van der Waals surface area contributed by atoms with Crippen LogP contribution < -0.4 is 10.4 Å². The van der Waals surface area contributed by atoms with E-state index >= 15 is 0 Å². The maximum atomic E-state index is 11.0. The van der Waals surface area contributed by atoms with Gasteiger partial charge in [0, 0.05) is 6.08 Å². The van der Waals surface area contributed by atoms with Crippen LogP contribution in [0.25, 0.3) is 6.08 Å². The average molecular weight is 417 g/mol. The van der Waals surface area contributed by atoms with Crippen LogP contribution >= 0.6 is 0 Å². The van der Waals surface area contributed by atoms with E-state index in [1.165, 1.54) is 16.4 Å². The smallest absolute Gasteiger partial charge is 0.328 e. The second-order valence-corrected chi connectivity index (χ2v) is 12.6. The third-order valence-corrected chi connectivity index (χ3v) is 10.3. The lowest BCUT2D eigenvalue weighted by atomic mass is 10.1. The van der Waals surface area contributed by atoms with Gasteiger partial charge in [-0.2, -0.15) is 0 Å². The van der Waals surface area contributed by atoms with Crippen molar-refractivity contribution in [1.29, 1.82) is 0 Å². The Bertz CT molecular complexity index is 966. The van der Waals surface area contributed by atoms with Gasteiger partial charge in [0.2, 0.25) is 0 Å². The van der Waals surface area contributed by atoms with E-state index in [0.717, 1.165) is 11.1 Å². The summed E-state index contributed by atoms with van der Waals surface area (Å²) in [4.78, 5) is 11.0. The lowest BCUT2D eigenvalue weighted by Gasteiger charge is -2.43. The van der Waals surface area contributed by atoms with Crippen molar-refractivity contribution in [1.82, 2.24) is 0 Å². The lowest BCUT2D eigenvalue weighted by Crippen LogP contribution is -2.66. The quantitative estimate of drug-likeness (QED) is 0.442. The minimum absolute atomic E-state index is 0.110. The molecule has 0 aliphatic heterocycles. The molecule has 3 aromatic carbocycles. The molecule has 0 heterocycles. The van der Waals surface area contributed by atoms with Gasteiger partial charge in [-0.3, -0.25) is 0 Å². The summed E-state index contributed by atoms with van der Waals surface area (Å²) in [6.45, 7) is 7.15. The van der Waals surface area contributed by atoms with Crippen molar-refractivity contribution in [3.63, 3.8) is 0 Å². The zero-order valence-corrected chi connectivity index (χ0v) is 18.7. The fourth-order valence-electron chi connectivity index (χ4n) is 3.94. The zero-order valence-electron chi connectivity index (χ0n) is 17.7. The van der Waals surface area contributed by atoms with E-state index in [-0.39, 0.29) is 5.04 Å². The Hall–Kier alpha value is -2.95. The molecule has 1 N–H and O–H groups in total. The molecule has 4 heteroatoms. The molecule has 0 fully saturated rings. The first-order valence-corrected chi connectivity index (χ1v) is 12.0. The second kappa shape index (κ2) is 9.24. The Balaban J connectivity index is 2.09. The molecule has 154 valence electrons. The van der Waals surface area contributed by atoms with Crippen LogP contribution in [-0.2, 0) is 15.8 Å². The summed E-state index contributed by atoms with van der Waals surface area (Å²) < 4.78 is 6.96. The molecule has 0 saturated heterocycles. The highest BCUT2D eigenvalue weighted by atomic mass is 28.4. The highest BCUT2D eigenvalue weighted by Crippen LogP contribution is 2.37. The average Bonchev–Trinajstić information content (AvgIpc) is 2.74. The Labute approximate surface area is 179 Å². The fraction of sp³-hybridized carbons (Fsp3) is 0.192. The summed E-state index contributed by atoms with van der Waals surface area (Å²) in [7, 11) is -2.64. The monoisotopic (exact) mass is 416 g/mol. The normalized spacial score (nSPS) is 12.2. The van der Waals surface area contributed by atoms with Crippen molar-refractivity contribution in [2.75, 3.05) is 0 Å². The van der Waals surface area contributed by atoms with Gasteiger partial charge in [0.1, 0.15) is 0 Å². The predicted octanol–water partition coefficient (Wildman–Crippen LogP) is 4.86. The first-order valence-electron chi connectivity index (χ1n) is 10.1. The molecular weight excluding hydrogens is 388 g/mol. The summed E-state index contributed by atoms with van der Waals surface area (Å²) in [5, 5.41) is 11.4. The minimum Gasteiger partial charge on any atom is -0.478 e. The van der Waals surface area contributed by atoms with Crippen LogP contribution in [0.1, 0.15) is 31.9 Å². The van der Waals surface area contributed by atoms with Gasteiger partial charge in [-0.15, -0.1) is 0 Å². The van der Waals surface area contributed by atoms with E-state index in [2.05, 4.69) is 69.3 Å². The van der Waals surface area contributed by atoms with Crippen molar-refractivity contribution in [3.05, 3.63) is 102 Å². The van der Waals surface area contributed by atoms with Gasteiger partial charge in [0.25, 0.3) is 8.32 Å². The summed E-state index contributed by atoms with van der Waals surface area (Å²) in [5.74, 6) is -0.960. The molecular formula is C26H28O3Si. The predicted molar refractivity (Wildman–Crippen MR) is 126 cm³/mol. The largest absolute Gasteiger partial charge is 0.478 e. The molecule has 0 saturated carbocycles.